The molecule has 1 heterocycles. The molecule has 0 fully saturated rings. The predicted octanol–water partition coefficient (Wildman–Crippen LogP) is 7.22. The number of hydrogen-bond donors (Lipinski definition) is 1. The zero-order valence-electron chi connectivity index (χ0n) is 14.4. The van der Waals surface area contributed by atoms with Gasteiger partial charge in [-0.05, 0) is 42.5 Å². The first-order valence-electron chi connectivity index (χ1n) is 8.43. The standard InChI is InChI=1S/C22H13BrCl2N2O/c23-14-5-3-4-13(10-14)20-12-17(16-6-1-2-7-19(16)26-20)22(28)27-21-11-15(24)8-9-18(21)25/h1-12H,(H,27,28). The van der Waals surface area contributed by atoms with Crippen molar-refractivity contribution in [3.63, 3.8) is 0 Å². The van der Waals surface area contributed by atoms with Crippen molar-refractivity contribution >= 4 is 61.6 Å². The molecule has 0 unspecified atom stereocenters. The number of nitrogens with zero attached hydrogens (tertiary/aromatic N) is 1. The Bertz CT molecular complexity index is 1210. The molecule has 1 N–H and O–H groups in total. The van der Waals surface area contributed by atoms with E-state index < -0.39 is 0 Å². The van der Waals surface area contributed by atoms with Gasteiger partial charge in [0.2, 0.25) is 0 Å². The molecule has 1 aromatic heterocycles. The molecule has 0 aliphatic carbocycles. The summed E-state index contributed by atoms with van der Waals surface area (Å²) in [6, 6.07) is 22.1. The second-order valence-electron chi connectivity index (χ2n) is 6.16. The third kappa shape index (κ3) is 3.90. The Labute approximate surface area is 180 Å². The van der Waals surface area contributed by atoms with Crippen LogP contribution in [0.4, 0.5) is 5.69 Å². The van der Waals surface area contributed by atoms with Crippen LogP contribution in [0.2, 0.25) is 10.0 Å². The number of aromatic nitrogens is 1. The van der Waals surface area contributed by atoms with Gasteiger partial charge < -0.3 is 5.32 Å². The normalized spacial score (nSPS) is 10.8. The van der Waals surface area contributed by atoms with E-state index in [-0.39, 0.29) is 5.91 Å². The number of para-hydroxylation sites is 1. The summed E-state index contributed by atoms with van der Waals surface area (Å²) in [5, 5.41) is 4.53. The lowest BCUT2D eigenvalue weighted by molar-refractivity contribution is 0.102. The van der Waals surface area contributed by atoms with E-state index in [0.29, 0.717) is 27.0 Å². The van der Waals surface area contributed by atoms with Crippen molar-refractivity contribution < 1.29 is 4.79 Å². The number of carbonyl (C=O) groups is 1. The molecule has 28 heavy (non-hydrogen) atoms. The molecular weight excluding hydrogens is 459 g/mol. The topological polar surface area (TPSA) is 42.0 Å². The summed E-state index contributed by atoms with van der Waals surface area (Å²) in [5.41, 5.74) is 3.33. The molecular formula is C22H13BrCl2N2O. The van der Waals surface area contributed by atoms with Crippen LogP contribution in [-0.2, 0) is 0 Å². The minimum atomic E-state index is -0.279. The number of pyridine rings is 1. The maximum atomic E-state index is 13.1. The number of benzene rings is 3. The summed E-state index contributed by atoms with van der Waals surface area (Å²) in [4.78, 5) is 17.8. The van der Waals surface area contributed by atoms with Crippen LogP contribution in [0, 0.1) is 0 Å². The number of rotatable bonds is 3. The molecule has 0 bridgehead atoms. The largest absolute Gasteiger partial charge is 0.321 e. The van der Waals surface area contributed by atoms with Gasteiger partial charge in [-0.3, -0.25) is 4.79 Å². The van der Waals surface area contributed by atoms with Crippen molar-refractivity contribution in [2.24, 2.45) is 0 Å². The number of carbonyl (C=O) groups excluding carboxylic acids is 1. The lowest BCUT2D eigenvalue weighted by atomic mass is 10.0. The Morgan fingerprint density at radius 1 is 0.929 bits per heavy atom. The molecule has 0 atom stereocenters. The fourth-order valence-electron chi connectivity index (χ4n) is 2.94. The van der Waals surface area contributed by atoms with Crippen molar-refractivity contribution in [1.82, 2.24) is 4.98 Å². The van der Waals surface area contributed by atoms with Crippen molar-refractivity contribution in [3.05, 3.63) is 92.9 Å². The first-order chi connectivity index (χ1) is 13.5. The highest BCUT2D eigenvalue weighted by atomic mass is 79.9. The van der Waals surface area contributed by atoms with E-state index >= 15 is 0 Å². The Hall–Kier alpha value is -2.40. The molecule has 3 aromatic carbocycles. The van der Waals surface area contributed by atoms with Gasteiger partial charge in [-0.25, -0.2) is 4.98 Å². The van der Waals surface area contributed by atoms with Crippen molar-refractivity contribution in [2.45, 2.75) is 0 Å². The maximum Gasteiger partial charge on any atom is 0.256 e. The van der Waals surface area contributed by atoms with Gasteiger partial charge >= 0.3 is 0 Å². The van der Waals surface area contributed by atoms with Gasteiger partial charge in [-0.2, -0.15) is 0 Å². The Kier molecular flexibility index (Phi) is 5.36. The third-order valence-electron chi connectivity index (χ3n) is 4.26. The zero-order valence-corrected chi connectivity index (χ0v) is 17.5. The van der Waals surface area contributed by atoms with E-state index in [2.05, 4.69) is 21.2 Å². The van der Waals surface area contributed by atoms with Crippen molar-refractivity contribution in [3.8, 4) is 11.3 Å². The fraction of sp³-hybridized carbons (Fsp3) is 0. The first kappa shape index (κ1) is 18.9. The van der Waals surface area contributed by atoms with E-state index in [4.69, 9.17) is 28.2 Å². The van der Waals surface area contributed by atoms with Gasteiger partial charge in [0.05, 0.1) is 27.5 Å². The van der Waals surface area contributed by atoms with Crippen LogP contribution < -0.4 is 5.32 Å². The Morgan fingerprint density at radius 3 is 2.57 bits per heavy atom. The molecule has 3 nitrogen and oxygen atoms in total. The van der Waals surface area contributed by atoms with E-state index in [9.17, 15) is 4.79 Å². The maximum absolute atomic E-state index is 13.1. The van der Waals surface area contributed by atoms with Gasteiger partial charge in [-0.15, -0.1) is 0 Å². The average molecular weight is 472 g/mol. The number of amides is 1. The molecule has 1 amide bonds. The zero-order chi connectivity index (χ0) is 19.7. The quantitative estimate of drug-likeness (QED) is 0.342. The molecule has 0 spiro atoms. The molecule has 6 heteroatoms. The summed E-state index contributed by atoms with van der Waals surface area (Å²) in [5.74, 6) is -0.279. The highest BCUT2D eigenvalue weighted by Gasteiger charge is 2.15. The van der Waals surface area contributed by atoms with Crippen molar-refractivity contribution in [1.29, 1.82) is 0 Å². The summed E-state index contributed by atoms with van der Waals surface area (Å²) in [6.07, 6.45) is 0. The first-order valence-corrected chi connectivity index (χ1v) is 9.98. The fourth-order valence-corrected chi connectivity index (χ4v) is 3.68. The van der Waals surface area contributed by atoms with Crippen LogP contribution in [0.25, 0.3) is 22.2 Å². The molecule has 4 aromatic rings. The van der Waals surface area contributed by atoms with Gasteiger partial charge in [0, 0.05) is 20.4 Å². The predicted molar refractivity (Wildman–Crippen MR) is 119 cm³/mol. The smallest absolute Gasteiger partial charge is 0.256 e. The van der Waals surface area contributed by atoms with Crippen LogP contribution in [0.15, 0.2) is 77.3 Å². The van der Waals surface area contributed by atoms with Crippen LogP contribution in [-0.4, -0.2) is 10.9 Å². The van der Waals surface area contributed by atoms with Gasteiger partial charge in [-0.1, -0.05) is 69.5 Å². The monoisotopic (exact) mass is 470 g/mol. The van der Waals surface area contributed by atoms with Gasteiger partial charge in [0.25, 0.3) is 5.91 Å². The molecule has 0 saturated heterocycles. The third-order valence-corrected chi connectivity index (χ3v) is 5.32. The highest BCUT2D eigenvalue weighted by Crippen LogP contribution is 2.29. The molecule has 138 valence electrons. The summed E-state index contributed by atoms with van der Waals surface area (Å²) >= 11 is 15.7. The van der Waals surface area contributed by atoms with E-state index in [0.717, 1.165) is 20.9 Å². The van der Waals surface area contributed by atoms with E-state index in [1.807, 2.05) is 48.5 Å². The lowest BCUT2D eigenvalue weighted by Crippen LogP contribution is -2.13. The number of hydrogen-bond acceptors (Lipinski definition) is 2. The van der Waals surface area contributed by atoms with Crippen LogP contribution in [0.1, 0.15) is 10.4 Å². The van der Waals surface area contributed by atoms with E-state index in [1.165, 1.54) is 0 Å². The summed E-state index contributed by atoms with van der Waals surface area (Å²) in [6.45, 7) is 0. The second-order valence-corrected chi connectivity index (χ2v) is 7.92. The van der Waals surface area contributed by atoms with Gasteiger partial charge in [0.1, 0.15) is 0 Å². The van der Waals surface area contributed by atoms with Crippen LogP contribution >= 0.6 is 39.1 Å². The minimum absolute atomic E-state index is 0.279. The van der Waals surface area contributed by atoms with Gasteiger partial charge in [0.15, 0.2) is 0 Å². The Morgan fingerprint density at radius 2 is 1.75 bits per heavy atom. The lowest BCUT2D eigenvalue weighted by Gasteiger charge is -2.12. The molecule has 4 rings (SSSR count). The average Bonchev–Trinajstić information content (AvgIpc) is 2.70. The molecule has 0 radical (unpaired) electrons. The summed E-state index contributed by atoms with van der Waals surface area (Å²) < 4.78 is 0.941. The number of halogens is 3. The van der Waals surface area contributed by atoms with Crippen LogP contribution in [0.5, 0.6) is 0 Å². The molecule has 0 aliphatic rings. The highest BCUT2D eigenvalue weighted by molar-refractivity contribution is 9.10. The molecule has 0 saturated carbocycles. The van der Waals surface area contributed by atoms with Crippen molar-refractivity contribution in [2.75, 3.05) is 5.32 Å². The van der Waals surface area contributed by atoms with E-state index in [1.54, 1.807) is 24.3 Å². The number of fused-ring (bicyclic) bond motifs is 1. The second kappa shape index (κ2) is 7.92. The SMILES string of the molecule is O=C(Nc1cc(Cl)ccc1Cl)c1cc(-c2cccc(Br)c2)nc2ccccc12. The Balaban J connectivity index is 1.83. The number of anilines is 1. The summed E-state index contributed by atoms with van der Waals surface area (Å²) in [7, 11) is 0. The number of nitrogens with one attached hydrogen (secondary N) is 1. The molecule has 0 aliphatic heterocycles. The minimum Gasteiger partial charge on any atom is -0.321 e. The van der Waals surface area contributed by atoms with Crippen LogP contribution in [0.3, 0.4) is 0 Å².